The van der Waals surface area contributed by atoms with Crippen molar-refractivity contribution in [2.75, 3.05) is 5.88 Å². The fraction of sp³-hybridized carbons (Fsp3) is 0.455. The van der Waals surface area contributed by atoms with Crippen LogP contribution in [0.15, 0.2) is 18.2 Å². The fourth-order valence-corrected chi connectivity index (χ4v) is 1.62. The number of halogens is 5. The van der Waals surface area contributed by atoms with E-state index in [1.165, 1.54) is 0 Å². The Balaban J connectivity index is 2.87. The largest absolute Gasteiger partial charge is 0.573 e. The van der Waals surface area contributed by atoms with Gasteiger partial charge < -0.3 is 14.9 Å². The molecule has 19 heavy (non-hydrogen) atoms. The van der Waals surface area contributed by atoms with Crippen LogP contribution >= 0.6 is 11.6 Å². The van der Waals surface area contributed by atoms with Crippen molar-refractivity contribution in [3.8, 4) is 5.75 Å². The molecule has 0 bridgehead atoms. The Morgan fingerprint density at radius 3 is 2.37 bits per heavy atom. The van der Waals surface area contributed by atoms with Crippen LogP contribution in [0.4, 0.5) is 17.6 Å². The van der Waals surface area contributed by atoms with E-state index in [1.807, 2.05) is 0 Å². The van der Waals surface area contributed by atoms with Crippen molar-refractivity contribution < 1.29 is 32.5 Å². The van der Waals surface area contributed by atoms with E-state index in [9.17, 15) is 27.8 Å². The van der Waals surface area contributed by atoms with Crippen LogP contribution < -0.4 is 4.74 Å². The van der Waals surface area contributed by atoms with Crippen molar-refractivity contribution >= 4 is 11.6 Å². The number of rotatable bonds is 5. The number of alkyl halides is 4. The van der Waals surface area contributed by atoms with Gasteiger partial charge in [-0.25, -0.2) is 4.39 Å². The van der Waals surface area contributed by atoms with Crippen molar-refractivity contribution in [1.82, 2.24) is 0 Å². The molecule has 2 atom stereocenters. The molecule has 1 rings (SSSR count). The summed E-state index contributed by atoms with van der Waals surface area (Å²) in [5, 5.41) is 19.1. The predicted molar refractivity (Wildman–Crippen MR) is 59.4 cm³/mol. The third-order valence-corrected chi connectivity index (χ3v) is 2.51. The van der Waals surface area contributed by atoms with Gasteiger partial charge in [-0.05, 0) is 24.1 Å². The van der Waals surface area contributed by atoms with Crippen LogP contribution in [-0.2, 0) is 0 Å². The van der Waals surface area contributed by atoms with Crippen LogP contribution in [0.25, 0.3) is 0 Å². The molecule has 0 fully saturated rings. The van der Waals surface area contributed by atoms with Gasteiger partial charge in [0.2, 0.25) is 0 Å². The number of aliphatic hydroxyl groups is 2. The zero-order valence-corrected chi connectivity index (χ0v) is 10.2. The number of aliphatic hydroxyl groups excluding tert-OH is 2. The zero-order chi connectivity index (χ0) is 14.6. The lowest BCUT2D eigenvalue weighted by molar-refractivity contribution is -0.275. The van der Waals surface area contributed by atoms with Crippen molar-refractivity contribution in [3.63, 3.8) is 0 Å². The minimum absolute atomic E-state index is 0.0607. The van der Waals surface area contributed by atoms with Gasteiger partial charge in [0, 0.05) is 5.88 Å². The molecular formula is C11H11ClF4O3. The zero-order valence-electron chi connectivity index (χ0n) is 9.49. The minimum atomic E-state index is -5.00. The van der Waals surface area contributed by atoms with Gasteiger partial charge in [-0.3, -0.25) is 0 Å². The molecular weight excluding hydrogens is 292 g/mol. The Bertz CT molecular complexity index is 425. The van der Waals surface area contributed by atoms with Crippen LogP contribution in [-0.4, -0.2) is 28.6 Å². The minimum Gasteiger partial charge on any atom is -0.403 e. The Kier molecular flexibility index (Phi) is 5.39. The molecule has 0 saturated carbocycles. The second-order valence-electron chi connectivity index (χ2n) is 3.73. The molecule has 0 radical (unpaired) electrons. The maximum atomic E-state index is 13.3. The highest BCUT2D eigenvalue weighted by Gasteiger charge is 2.32. The average molecular weight is 303 g/mol. The standard InChI is InChI=1S/C11H11ClF4O3/c12-4-3-8(17)10(18)6-1-2-9(7(13)5-6)19-11(14,15)16/h1-2,5,8,10,17-18H,3-4H2. The van der Waals surface area contributed by atoms with E-state index >= 15 is 0 Å². The first kappa shape index (κ1) is 16.0. The fourth-order valence-electron chi connectivity index (χ4n) is 1.40. The van der Waals surface area contributed by atoms with Crippen molar-refractivity contribution in [2.24, 2.45) is 0 Å². The van der Waals surface area contributed by atoms with E-state index < -0.39 is 30.1 Å². The summed E-state index contributed by atoms with van der Waals surface area (Å²) >= 11 is 5.37. The molecule has 8 heteroatoms. The lowest BCUT2D eigenvalue weighted by Gasteiger charge is -2.18. The van der Waals surface area contributed by atoms with Gasteiger partial charge in [-0.2, -0.15) is 0 Å². The summed E-state index contributed by atoms with van der Waals surface area (Å²) in [5.41, 5.74) is -0.0651. The monoisotopic (exact) mass is 302 g/mol. The summed E-state index contributed by atoms with van der Waals surface area (Å²) in [6, 6.07) is 2.43. The molecule has 0 heterocycles. The quantitative estimate of drug-likeness (QED) is 0.649. The molecule has 3 nitrogen and oxygen atoms in total. The predicted octanol–water partition coefficient (Wildman–Crippen LogP) is 2.75. The summed E-state index contributed by atoms with van der Waals surface area (Å²) in [6.07, 6.45) is -7.61. The second kappa shape index (κ2) is 6.40. The van der Waals surface area contributed by atoms with Crippen LogP contribution in [0.2, 0.25) is 0 Å². The first-order valence-corrected chi connectivity index (χ1v) is 5.75. The van der Waals surface area contributed by atoms with Gasteiger partial charge in [0.05, 0.1) is 6.10 Å². The van der Waals surface area contributed by atoms with E-state index in [-0.39, 0.29) is 17.9 Å². The van der Waals surface area contributed by atoms with Crippen molar-refractivity contribution in [3.05, 3.63) is 29.6 Å². The SMILES string of the molecule is OC(CCCl)C(O)c1ccc(OC(F)(F)F)c(F)c1. The molecule has 0 spiro atoms. The molecule has 0 saturated heterocycles. The van der Waals surface area contributed by atoms with Crippen LogP contribution in [0.3, 0.4) is 0 Å². The Morgan fingerprint density at radius 2 is 1.89 bits per heavy atom. The average Bonchev–Trinajstić information content (AvgIpc) is 2.29. The van der Waals surface area contributed by atoms with Gasteiger partial charge in [0.25, 0.3) is 0 Å². The molecule has 2 unspecified atom stereocenters. The van der Waals surface area contributed by atoms with Gasteiger partial charge >= 0.3 is 6.36 Å². The van der Waals surface area contributed by atoms with Crippen molar-refractivity contribution in [2.45, 2.75) is 25.0 Å². The van der Waals surface area contributed by atoms with E-state index in [4.69, 9.17) is 11.6 Å². The Labute approximate surface area is 111 Å². The molecule has 0 aliphatic carbocycles. The van der Waals surface area contributed by atoms with Crippen LogP contribution in [0.1, 0.15) is 18.1 Å². The highest BCUT2D eigenvalue weighted by Crippen LogP contribution is 2.28. The van der Waals surface area contributed by atoms with Gasteiger partial charge in [-0.15, -0.1) is 24.8 Å². The molecule has 108 valence electrons. The lowest BCUT2D eigenvalue weighted by atomic mass is 10.0. The van der Waals surface area contributed by atoms with Gasteiger partial charge in [0.1, 0.15) is 6.10 Å². The number of hydrogen-bond donors (Lipinski definition) is 2. The highest BCUT2D eigenvalue weighted by atomic mass is 35.5. The van der Waals surface area contributed by atoms with E-state index in [0.29, 0.717) is 6.07 Å². The van der Waals surface area contributed by atoms with Gasteiger partial charge in [-0.1, -0.05) is 6.07 Å². The number of ether oxygens (including phenoxy) is 1. The third-order valence-electron chi connectivity index (χ3n) is 2.29. The summed E-state index contributed by atoms with van der Waals surface area (Å²) in [6.45, 7) is 0. The molecule has 2 N–H and O–H groups in total. The normalized spacial score (nSPS) is 15.1. The summed E-state index contributed by atoms with van der Waals surface area (Å²) in [5.74, 6) is -2.21. The van der Waals surface area contributed by atoms with Crippen LogP contribution in [0.5, 0.6) is 5.75 Å². The van der Waals surface area contributed by atoms with Gasteiger partial charge in [0.15, 0.2) is 11.6 Å². The van der Waals surface area contributed by atoms with Crippen LogP contribution in [0, 0.1) is 5.82 Å². The molecule has 0 amide bonds. The maximum Gasteiger partial charge on any atom is 0.573 e. The second-order valence-corrected chi connectivity index (χ2v) is 4.11. The first-order valence-electron chi connectivity index (χ1n) is 5.22. The first-order chi connectivity index (χ1) is 8.74. The van der Waals surface area contributed by atoms with E-state index in [1.54, 1.807) is 0 Å². The van der Waals surface area contributed by atoms with E-state index in [2.05, 4.69) is 4.74 Å². The third kappa shape index (κ3) is 4.85. The lowest BCUT2D eigenvalue weighted by Crippen LogP contribution is -2.20. The smallest absolute Gasteiger partial charge is 0.403 e. The molecule has 0 aromatic heterocycles. The summed E-state index contributed by atoms with van der Waals surface area (Å²) in [4.78, 5) is 0. The molecule has 1 aromatic rings. The summed E-state index contributed by atoms with van der Waals surface area (Å²) in [7, 11) is 0. The molecule has 0 aliphatic heterocycles. The number of hydrogen-bond acceptors (Lipinski definition) is 3. The topological polar surface area (TPSA) is 49.7 Å². The maximum absolute atomic E-state index is 13.3. The molecule has 1 aromatic carbocycles. The molecule has 0 aliphatic rings. The highest BCUT2D eigenvalue weighted by molar-refractivity contribution is 6.17. The Hall–Kier alpha value is -1.05. The van der Waals surface area contributed by atoms with Crippen molar-refractivity contribution in [1.29, 1.82) is 0 Å². The Morgan fingerprint density at radius 1 is 1.26 bits per heavy atom. The van der Waals surface area contributed by atoms with E-state index in [0.717, 1.165) is 12.1 Å². The summed E-state index contributed by atoms with van der Waals surface area (Å²) < 4.78 is 52.5. The number of benzene rings is 1.